The maximum Gasteiger partial charge on any atom is 0.0388 e. The molecule has 0 aliphatic heterocycles. The van der Waals surface area contributed by atoms with Crippen molar-refractivity contribution in [3.8, 4) is 0 Å². The topological polar surface area (TPSA) is 58.6 Å². The van der Waals surface area contributed by atoms with E-state index in [1.807, 2.05) is 0 Å². The van der Waals surface area contributed by atoms with Crippen LogP contribution in [-0.2, 0) is 0 Å². The number of unbranched alkanes of at least 4 members (excludes halogenated alkanes) is 13. The van der Waals surface area contributed by atoms with E-state index >= 15 is 0 Å². The molecule has 0 fully saturated rings. The highest BCUT2D eigenvalue weighted by Gasteiger charge is 1.95. The van der Waals surface area contributed by atoms with Crippen LogP contribution in [0.4, 0.5) is 0 Å². The molecule has 0 atom stereocenters. The van der Waals surface area contributed by atoms with Crippen LogP contribution in [-0.4, -0.2) is 16.9 Å². The fraction of sp³-hybridized carbons (Fsp3) is 1.00. The Balaban J connectivity index is 2.96. The van der Waals surface area contributed by atoms with Crippen LogP contribution in [0.3, 0.4) is 0 Å². The molecule has 0 heterocycles. The van der Waals surface area contributed by atoms with E-state index < -0.39 is 0 Å². The Hall–Kier alpha value is -0.160. The molecule has 0 aliphatic carbocycles. The first-order valence-corrected chi connectivity index (χ1v) is 8.65. The minimum absolute atomic E-state index is 0.418. The fourth-order valence-electron chi connectivity index (χ4n) is 2.50. The first-order valence-electron chi connectivity index (χ1n) is 8.65. The van der Waals surface area contributed by atoms with Gasteiger partial charge >= 0.3 is 0 Å². The lowest BCUT2D eigenvalue weighted by molar-refractivity contribution is -0.125. The summed E-state index contributed by atoms with van der Waals surface area (Å²) in [4.78, 5) is 0. The van der Waals surface area contributed by atoms with Crippen LogP contribution in [0, 0.1) is 5.21 Å². The third kappa shape index (κ3) is 15.9. The predicted molar refractivity (Wildman–Crippen MR) is 85.3 cm³/mol. The number of rotatable bonds is 16. The number of hydroxylamine groups is 1. The van der Waals surface area contributed by atoms with Crippen LogP contribution in [0.5, 0.6) is 0 Å². The molecule has 0 saturated heterocycles. The van der Waals surface area contributed by atoms with Crippen molar-refractivity contribution in [2.45, 2.75) is 96.8 Å². The highest BCUT2D eigenvalue weighted by molar-refractivity contribution is 4.50. The minimum Gasteiger partial charge on any atom is -0.773 e. The van der Waals surface area contributed by atoms with E-state index in [0.29, 0.717) is 11.7 Å². The molecular weight excluding hydrogens is 252 g/mol. The second-order valence-electron chi connectivity index (χ2n) is 5.81. The molecule has 0 spiro atoms. The van der Waals surface area contributed by atoms with Crippen molar-refractivity contribution in [3.63, 3.8) is 0 Å². The van der Waals surface area contributed by atoms with E-state index in [9.17, 15) is 5.21 Å². The SMILES string of the molecule is CCCCCCCCCCCCCCCCN(O)N[O-]. The average molecular weight is 287 g/mol. The molecule has 0 unspecified atom stereocenters. The maximum atomic E-state index is 10.0. The Bertz CT molecular complexity index is 180. The van der Waals surface area contributed by atoms with E-state index in [1.54, 1.807) is 0 Å². The summed E-state index contributed by atoms with van der Waals surface area (Å²) in [6.45, 7) is 2.68. The van der Waals surface area contributed by atoms with Gasteiger partial charge in [-0.2, -0.15) is 0 Å². The van der Waals surface area contributed by atoms with E-state index in [4.69, 9.17) is 5.21 Å². The lowest BCUT2D eigenvalue weighted by atomic mass is 10.0. The van der Waals surface area contributed by atoms with Crippen LogP contribution >= 0.6 is 0 Å². The van der Waals surface area contributed by atoms with Gasteiger partial charge in [0.15, 0.2) is 0 Å². The largest absolute Gasteiger partial charge is 0.773 e. The minimum atomic E-state index is 0.418. The summed E-state index contributed by atoms with van der Waals surface area (Å²) in [6.07, 6.45) is 18.4. The molecule has 4 heteroatoms. The van der Waals surface area contributed by atoms with Crippen LogP contribution in [0.25, 0.3) is 0 Å². The predicted octanol–water partition coefficient (Wildman–Crippen LogP) is 5.16. The first kappa shape index (κ1) is 19.8. The molecule has 0 rings (SSSR count). The summed E-state index contributed by atoms with van der Waals surface area (Å²) in [5.41, 5.74) is 1.45. The molecular formula is C16H35N2O2-. The highest BCUT2D eigenvalue weighted by Crippen LogP contribution is 2.12. The standard InChI is InChI=1S/C16H35N2O2/c1-2-3-4-5-6-7-8-9-10-11-12-13-14-15-16-18(20)17-19/h17,20H,2-16H2,1H3/q-1. The van der Waals surface area contributed by atoms with E-state index in [1.165, 1.54) is 82.6 Å². The normalized spacial score (nSPS) is 11.4. The Kier molecular flexibility index (Phi) is 16.8. The summed E-state index contributed by atoms with van der Waals surface area (Å²) in [5, 5.41) is 19.5. The Morgan fingerprint density at radius 1 is 0.700 bits per heavy atom. The second-order valence-corrected chi connectivity index (χ2v) is 5.81. The first-order chi connectivity index (χ1) is 9.81. The van der Waals surface area contributed by atoms with Crippen LogP contribution in [0.2, 0.25) is 0 Å². The zero-order chi connectivity index (χ0) is 14.9. The number of hydrogen-bond acceptors (Lipinski definition) is 4. The van der Waals surface area contributed by atoms with Crippen LogP contribution < -0.4 is 5.59 Å². The molecule has 0 saturated carbocycles. The molecule has 20 heavy (non-hydrogen) atoms. The number of nitrogens with zero attached hydrogens (tertiary/aromatic N) is 1. The van der Waals surface area contributed by atoms with Gasteiger partial charge in [-0.25, -0.2) is 0 Å². The lowest BCUT2D eigenvalue weighted by Crippen LogP contribution is -2.30. The molecule has 2 N–H and O–H groups in total. The van der Waals surface area contributed by atoms with Crippen LogP contribution in [0.1, 0.15) is 96.8 Å². The van der Waals surface area contributed by atoms with Crippen molar-refractivity contribution in [1.82, 2.24) is 10.8 Å². The van der Waals surface area contributed by atoms with Gasteiger partial charge in [0.1, 0.15) is 0 Å². The molecule has 0 aromatic rings. The summed E-state index contributed by atoms with van der Waals surface area (Å²) in [7, 11) is 0. The third-order valence-electron chi connectivity index (χ3n) is 3.83. The third-order valence-corrected chi connectivity index (χ3v) is 3.83. The van der Waals surface area contributed by atoms with Gasteiger partial charge in [-0.3, -0.25) is 5.21 Å². The van der Waals surface area contributed by atoms with Gasteiger partial charge in [0, 0.05) is 6.54 Å². The van der Waals surface area contributed by atoms with Gasteiger partial charge in [0.2, 0.25) is 0 Å². The molecule has 122 valence electrons. The van der Waals surface area contributed by atoms with Crippen molar-refractivity contribution in [3.05, 3.63) is 5.21 Å². The number of hydrazine groups is 1. The summed E-state index contributed by atoms with van der Waals surface area (Å²) in [5.74, 6) is 0. The Morgan fingerprint density at radius 3 is 1.40 bits per heavy atom. The van der Waals surface area contributed by atoms with E-state index in [0.717, 1.165) is 12.8 Å². The quantitative estimate of drug-likeness (QED) is 0.304. The lowest BCUT2D eigenvalue weighted by Gasteiger charge is -2.18. The maximum absolute atomic E-state index is 10.0. The molecule has 0 aliphatic rings. The molecule has 0 aromatic heterocycles. The zero-order valence-electron chi connectivity index (χ0n) is 13.4. The molecule has 4 nitrogen and oxygen atoms in total. The highest BCUT2D eigenvalue weighted by atomic mass is 16.7. The van der Waals surface area contributed by atoms with Crippen molar-refractivity contribution in [1.29, 1.82) is 0 Å². The van der Waals surface area contributed by atoms with Crippen molar-refractivity contribution in [2.75, 3.05) is 6.54 Å². The van der Waals surface area contributed by atoms with Gasteiger partial charge in [0.05, 0.1) is 0 Å². The number of hydrogen-bond donors (Lipinski definition) is 2. The summed E-state index contributed by atoms with van der Waals surface area (Å²) >= 11 is 0. The van der Waals surface area contributed by atoms with Crippen molar-refractivity contribution >= 4 is 0 Å². The molecule has 0 radical (unpaired) electrons. The number of nitrogens with one attached hydrogen (secondary N) is 1. The van der Waals surface area contributed by atoms with E-state index in [2.05, 4.69) is 6.92 Å². The molecule has 0 amide bonds. The summed E-state index contributed by atoms with van der Waals surface area (Å²) < 4.78 is 0. The second kappa shape index (κ2) is 16.9. The van der Waals surface area contributed by atoms with Gasteiger partial charge in [0.25, 0.3) is 0 Å². The molecule has 0 bridgehead atoms. The van der Waals surface area contributed by atoms with Gasteiger partial charge < -0.3 is 10.8 Å². The van der Waals surface area contributed by atoms with Gasteiger partial charge in [-0.1, -0.05) is 90.4 Å². The monoisotopic (exact) mass is 287 g/mol. The smallest absolute Gasteiger partial charge is 0.0388 e. The average Bonchev–Trinajstić information content (AvgIpc) is 2.47. The molecule has 0 aromatic carbocycles. The van der Waals surface area contributed by atoms with Crippen molar-refractivity contribution in [2.24, 2.45) is 0 Å². The summed E-state index contributed by atoms with van der Waals surface area (Å²) in [6, 6.07) is 0. The van der Waals surface area contributed by atoms with E-state index in [-0.39, 0.29) is 0 Å². The van der Waals surface area contributed by atoms with Crippen molar-refractivity contribution < 1.29 is 5.21 Å². The fourth-order valence-corrected chi connectivity index (χ4v) is 2.50. The zero-order valence-corrected chi connectivity index (χ0v) is 13.4. The Labute approximate surface area is 125 Å². The van der Waals surface area contributed by atoms with Gasteiger partial charge in [-0.15, -0.1) is 5.17 Å². The van der Waals surface area contributed by atoms with Crippen LogP contribution in [0.15, 0.2) is 0 Å². The van der Waals surface area contributed by atoms with Gasteiger partial charge in [-0.05, 0) is 6.42 Å². The Morgan fingerprint density at radius 2 is 1.05 bits per heavy atom.